The van der Waals surface area contributed by atoms with E-state index in [2.05, 4.69) is 6.92 Å². The Hall–Kier alpha value is -2.98. The molecule has 1 aliphatic heterocycles. The molecule has 3 aromatic carbocycles. The second-order valence-electron chi connectivity index (χ2n) is 7.63. The fourth-order valence-corrected chi connectivity index (χ4v) is 4.48. The molecule has 1 heterocycles. The highest BCUT2D eigenvalue weighted by molar-refractivity contribution is 6.31. The van der Waals surface area contributed by atoms with Crippen LogP contribution in [0.4, 0.5) is 0 Å². The van der Waals surface area contributed by atoms with Gasteiger partial charge in [-0.1, -0.05) is 48.9 Å². The van der Waals surface area contributed by atoms with Crippen LogP contribution in [0.2, 0.25) is 5.02 Å². The van der Waals surface area contributed by atoms with Crippen molar-refractivity contribution in [3.63, 3.8) is 0 Å². The zero-order valence-corrected chi connectivity index (χ0v) is 18.8. The molecule has 3 aromatic rings. The van der Waals surface area contributed by atoms with E-state index in [0.29, 0.717) is 28.6 Å². The molecule has 1 aliphatic rings. The van der Waals surface area contributed by atoms with Crippen LogP contribution in [0.25, 0.3) is 0 Å². The van der Waals surface area contributed by atoms with Gasteiger partial charge in [0.2, 0.25) is 0 Å². The van der Waals surface area contributed by atoms with E-state index in [0.717, 1.165) is 29.5 Å². The van der Waals surface area contributed by atoms with E-state index in [1.165, 1.54) is 5.56 Å². The van der Waals surface area contributed by atoms with Crippen LogP contribution in [0.15, 0.2) is 60.7 Å². The van der Waals surface area contributed by atoms with E-state index < -0.39 is 0 Å². The number of rotatable bonds is 5. The lowest BCUT2D eigenvalue weighted by molar-refractivity contribution is 0.0694. The standard InChI is InChI=1S/C26H26ClNO3/c1-4-17-9-11-18(12-10-17)26(29)28-14-13-19-15-23(30-2)24(31-3)16-21(19)25(28)20-7-5-6-8-22(20)27/h5-12,15-16,25H,4,13-14H2,1-3H3/t25-/m0/s1. The van der Waals surface area contributed by atoms with Gasteiger partial charge in [-0.3, -0.25) is 4.79 Å². The van der Waals surface area contributed by atoms with Crippen LogP contribution in [0.5, 0.6) is 11.5 Å². The van der Waals surface area contributed by atoms with Gasteiger partial charge in [-0.2, -0.15) is 0 Å². The number of ether oxygens (including phenoxy) is 2. The number of methoxy groups -OCH3 is 2. The van der Waals surface area contributed by atoms with Crippen LogP contribution < -0.4 is 9.47 Å². The number of halogens is 1. The zero-order chi connectivity index (χ0) is 22.0. The van der Waals surface area contributed by atoms with Gasteiger partial charge in [0.15, 0.2) is 11.5 Å². The average Bonchev–Trinajstić information content (AvgIpc) is 2.82. The smallest absolute Gasteiger partial charge is 0.254 e. The van der Waals surface area contributed by atoms with Crippen molar-refractivity contribution in [2.45, 2.75) is 25.8 Å². The minimum atomic E-state index is -0.310. The van der Waals surface area contributed by atoms with E-state index >= 15 is 0 Å². The largest absolute Gasteiger partial charge is 0.493 e. The molecule has 4 nitrogen and oxygen atoms in total. The lowest BCUT2D eigenvalue weighted by Gasteiger charge is -2.38. The molecule has 0 aromatic heterocycles. The van der Waals surface area contributed by atoms with Crippen molar-refractivity contribution in [1.82, 2.24) is 4.90 Å². The van der Waals surface area contributed by atoms with Gasteiger partial charge in [0.25, 0.3) is 5.91 Å². The van der Waals surface area contributed by atoms with Crippen molar-refractivity contribution in [2.75, 3.05) is 20.8 Å². The van der Waals surface area contributed by atoms with Gasteiger partial charge in [-0.15, -0.1) is 0 Å². The van der Waals surface area contributed by atoms with Crippen LogP contribution in [0.1, 0.15) is 45.6 Å². The summed E-state index contributed by atoms with van der Waals surface area (Å²) in [5, 5.41) is 0.634. The molecule has 1 atom stereocenters. The molecule has 5 heteroatoms. The molecule has 0 radical (unpaired) electrons. The Bertz CT molecular complexity index is 1090. The number of aryl methyl sites for hydroxylation is 1. The van der Waals surface area contributed by atoms with E-state index in [-0.39, 0.29) is 11.9 Å². The molecule has 160 valence electrons. The van der Waals surface area contributed by atoms with Gasteiger partial charge in [-0.25, -0.2) is 0 Å². The first-order valence-electron chi connectivity index (χ1n) is 10.5. The third kappa shape index (κ3) is 4.00. The van der Waals surface area contributed by atoms with Gasteiger partial charge in [0.1, 0.15) is 0 Å². The summed E-state index contributed by atoms with van der Waals surface area (Å²) in [5.41, 5.74) is 4.93. The molecule has 1 amide bonds. The number of fused-ring (bicyclic) bond motifs is 1. The van der Waals surface area contributed by atoms with Crippen molar-refractivity contribution < 1.29 is 14.3 Å². The van der Waals surface area contributed by atoms with Crippen molar-refractivity contribution in [1.29, 1.82) is 0 Å². The van der Waals surface area contributed by atoms with Crippen molar-refractivity contribution in [3.8, 4) is 11.5 Å². The van der Waals surface area contributed by atoms with E-state index in [4.69, 9.17) is 21.1 Å². The minimum absolute atomic E-state index is 0.00647. The number of nitrogens with zero attached hydrogens (tertiary/aromatic N) is 1. The fraction of sp³-hybridized carbons (Fsp3) is 0.269. The predicted octanol–water partition coefficient (Wildman–Crippen LogP) is 5.71. The highest BCUT2D eigenvalue weighted by Crippen LogP contribution is 2.43. The maximum Gasteiger partial charge on any atom is 0.254 e. The Morgan fingerprint density at radius 3 is 2.32 bits per heavy atom. The number of carbonyl (C=O) groups is 1. The fourth-order valence-electron chi connectivity index (χ4n) is 4.25. The number of hydrogen-bond acceptors (Lipinski definition) is 3. The van der Waals surface area contributed by atoms with Crippen LogP contribution in [-0.2, 0) is 12.8 Å². The van der Waals surface area contributed by atoms with Gasteiger partial charge in [0, 0.05) is 17.1 Å². The lowest BCUT2D eigenvalue weighted by atomic mass is 9.87. The molecule has 0 aliphatic carbocycles. The van der Waals surface area contributed by atoms with E-state index in [9.17, 15) is 4.79 Å². The Kier molecular flexibility index (Phi) is 6.19. The summed E-state index contributed by atoms with van der Waals surface area (Å²) in [4.78, 5) is 15.5. The first-order valence-corrected chi connectivity index (χ1v) is 10.8. The van der Waals surface area contributed by atoms with E-state index in [1.807, 2.05) is 65.6 Å². The molecular formula is C26H26ClNO3. The van der Waals surface area contributed by atoms with Crippen LogP contribution in [0.3, 0.4) is 0 Å². The SMILES string of the molecule is CCc1ccc(C(=O)N2CCc3cc(OC)c(OC)cc3[C@@H]2c2ccccc2Cl)cc1. The topological polar surface area (TPSA) is 38.8 Å². The molecule has 0 N–H and O–H groups in total. The number of hydrogen-bond donors (Lipinski definition) is 0. The summed E-state index contributed by atoms with van der Waals surface area (Å²) in [7, 11) is 3.25. The summed E-state index contributed by atoms with van der Waals surface area (Å²) in [5.74, 6) is 1.32. The third-order valence-corrected chi connectivity index (χ3v) is 6.29. The Morgan fingerprint density at radius 1 is 1.00 bits per heavy atom. The van der Waals surface area contributed by atoms with E-state index in [1.54, 1.807) is 14.2 Å². The maximum atomic E-state index is 13.6. The Morgan fingerprint density at radius 2 is 1.68 bits per heavy atom. The second kappa shape index (κ2) is 9.03. The molecule has 0 fully saturated rings. The Balaban J connectivity index is 1.84. The summed E-state index contributed by atoms with van der Waals surface area (Å²) in [6, 6.07) is 19.2. The third-order valence-electron chi connectivity index (χ3n) is 5.94. The van der Waals surface area contributed by atoms with Gasteiger partial charge >= 0.3 is 0 Å². The molecule has 0 bridgehead atoms. The summed E-state index contributed by atoms with van der Waals surface area (Å²) < 4.78 is 11.1. The summed E-state index contributed by atoms with van der Waals surface area (Å²) in [6.07, 6.45) is 1.67. The first kappa shape index (κ1) is 21.3. The molecule has 0 spiro atoms. The molecular weight excluding hydrogens is 410 g/mol. The van der Waals surface area contributed by atoms with Gasteiger partial charge in [0.05, 0.1) is 20.3 Å². The number of amides is 1. The van der Waals surface area contributed by atoms with Crippen molar-refractivity contribution >= 4 is 17.5 Å². The number of benzene rings is 3. The van der Waals surface area contributed by atoms with Gasteiger partial charge < -0.3 is 14.4 Å². The molecule has 0 saturated carbocycles. The normalized spacial score (nSPS) is 15.4. The highest BCUT2D eigenvalue weighted by Gasteiger charge is 2.34. The zero-order valence-electron chi connectivity index (χ0n) is 18.0. The monoisotopic (exact) mass is 435 g/mol. The summed E-state index contributed by atoms with van der Waals surface area (Å²) >= 11 is 6.62. The second-order valence-corrected chi connectivity index (χ2v) is 8.04. The lowest BCUT2D eigenvalue weighted by Crippen LogP contribution is -2.40. The molecule has 4 rings (SSSR count). The maximum absolute atomic E-state index is 13.6. The van der Waals surface area contributed by atoms with Crippen molar-refractivity contribution in [2.24, 2.45) is 0 Å². The molecule has 0 unspecified atom stereocenters. The highest BCUT2D eigenvalue weighted by atomic mass is 35.5. The quantitative estimate of drug-likeness (QED) is 0.515. The van der Waals surface area contributed by atoms with Crippen molar-refractivity contribution in [3.05, 3.63) is 93.5 Å². The van der Waals surface area contributed by atoms with Gasteiger partial charge in [-0.05, 0) is 65.4 Å². The van der Waals surface area contributed by atoms with Crippen LogP contribution >= 0.6 is 11.6 Å². The summed E-state index contributed by atoms with van der Waals surface area (Å²) in [6.45, 7) is 2.69. The molecule has 0 saturated heterocycles. The minimum Gasteiger partial charge on any atom is -0.493 e. The average molecular weight is 436 g/mol. The first-order chi connectivity index (χ1) is 15.1. The molecule has 31 heavy (non-hydrogen) atoms. The van der Waals surface area contributed by atoms with Crippen LogP contribution in [0, 0.1) is 0 Å². The predicted molar refractivity (Wildman–Crippen MR) is 123 cm³/mol. The Labute approximate surface area is 188 Å². The number of carbonyl (C=O) groups excluding carboxylic acids is 1. The van der Waals surface area contributed by atoms with Crippen LogP contribution in [-0.4, -0.2) is 31.6 Å².